The summed E-state index contributed by atoms with van der Waals surface area (Å²) in [5, 5.41) is 2.81. The van der Waals surface area contributed by atoms with E-state index < -0.39 is 0 Å². The third kappa shape index (κ3) is 3.19. The summed E-state index contributed by atoms with van der Waals surface area (Å²) in [6, 6.07) is 10.8. The van der Waals surface area contributed by atoms with Gasteiger partial charge in [0, 0.05) is 18.9 Å². The highest BCUT2D eigenvalue weighted by Crippen LogP contribution is 2.13. The van der Waals surface area contributed by atoms with Crippen molar-refractivity contribution in [3.8, 4) is 0 Å². The number of anilines is 1. The molecule has 0 unspecified atom stereocenters. The minimum absolute atomic E-state index is 0.171. The predicted octanol–water partition coefficient (Wildman–Crippen LogP) is 2.40. The monoisotopic (exact) mass is 253 g/mol. The topological polar surface area (TPSA) is 51.1 Å². The zero-order chi connectivity index (χ0) is 13.7. The highest BCUT2D eigenvalue weighted by molar-refractivity contribution is 6.03. The van der Waals surface area contributed by atoms with E-state index in [1.165, 1.54) is 6.08 Å². The van der Waals surface area contributed by atoms with E-state index in [0.29, 0.717) is 11.4 Å². The Morgan fingerprint density at radius 3 is 2.84 bits per heavy atom. The maximum Gasteiger partial charge on any atom is 0.272 e. The first-order valence-corrected chi connectivity index (χ1v) is 5.77. The molecule has 1 heterocycles. The maximum atomic E-state index is 12.0. The van der Waals surface area contributed by atoms with Crippen molar-refractivity contribution in [1.82, 2.24) is 4.57 Å². The molecule has 0 aliphatic heterocycles. The standard InChI is InChI=1S/C15H13N2O2/c1-17-9-3-8-14(17)15(19)16-13-7-2-5-12(11-13)6-4-10-18/h2-9,11H,1H3,(H,16,19)/b6-4+. The second-order valence-electron chi connectivity index (χ2n) is 4.04. The molecule has 0 atom stereocenters. The average Bonchev–Trinajstić information content (AvgIpc) is 2.83. The van der Waals surface area contributed by atoms with Gasteiger partial charge in [-0.25, -0.2) is 0 Å². The zero-order valence-electron chi connectivity index (χ0n) is 10.5. The molecule has 0 bridgehead atoms. The molecule has 0 saturated carbocycles. The summed E-state index contributed by atoms with van der Waals surface area (Å²) < 4.78 is 1.75. The summed E-state index contributed by atoms with van der Waals surface area (Å²) in [7, 11) is 1.81. The number of hydrogen-bond donors (Lipinski definition) is 1. The summed E-state index contributed by atoms with van der Waals surface area (Å²) >= 11 is 0. The van der Waals surface area contributed by atoms with Crippen molar-refractivity contribution < 1.29 is 9.59 Å². The van der Waals surface area contributed by atoms with Gasteiger partial charge in [0.05, 0.1) is 0 Å². The largest absolute Gasteiger partial charge is 0.347 e. The normalized spacial score (nSPS) is 10.6. The lowest BCUT2D eigenvalue weighted by Gasteiger charge is -2.06. The Bertz CT molecular complexity index is 627. The van der Waals surface area contributed by atoms with Crippen LogP contribution in [0.15, 0.2) is 48.7 Å². The van der Waals surface area contributed by atoms with Crippen LogP contribution < -0.4 is 5.32 Å². The van der Waals surface area contributed by atoms with E-state index in [0.717, 1.165) is 5.56 Å². The first-order valence-electron chi connectivity index (χ1n) is 5.77. The van der Waals surface area contributed by atoms with Crippen LogP contribution in [0.3, 0.4) is 0 Å². The minimum atomic E-state index is -0.171. The van der Waals surface area contributed by atoms with Gasteiger partial charge in [0.1, 0.15) is 5.69 Å². The summed E-state index contributed by atoms with van der Waals surface area (Å²) in [6.45, 7) is 0. The van der Waals surface area contributed by atoms with Crippen LogP contribution in [0, 0.1) is 0 Å². The molecule has 0 fully saturated rings. The summed E-state index contributed by atoms with van der Waals surface area (Å²) in [4.78, 5) is 22.2. The molecule has 1 N–H and O–H groups in total. The van der Waals surface area contributed by atoms with Crippen molar-refractivity contribution in [1.29, 1.82) is 0 Å². The molecule has 0 spiro atoms. The maximum absolute atomic E-state index is 12.0. The van der Waals surface area contributed by atoms with Gasteiger partial charge in [-0.3, -0.25) is 9.59 Å². The fraction of sp³-hybridized carbons (Fsp3) is 0.0667. The number of carbonyl (C=O) groups excluding carboxylic acids is 2. The number of nitrogens with one attached hydrogen (secondary N) is 1. The Kier molecular flexibility index (Phi) is 3.93. The number of rotatable bonds is 4. The summed E-state index contributed by atoms with van der Waals surface area (Å²) in [6.07, 6.45) is 6.42. The number of nitrogens with zero attached hydrogens (tertiary/aromatic N) is 1. The predicted molar refractivity (Wildman–Crippen MR) is 74.5 cm³/mol. The Morgan fingerprint density at radius 2 is 2.16 bits per heavy atom. The molecule has 19 heavy (non-hydrogen) atoms. The SMILES string of the molecule is Cn1cccc1C(=O)Nc1cccc(/C=C/[C]=O)c1. The molecule has 95 valence electrons. The number of carbonyl (C=O) groups is 1. The van der Waals surface area contributed by atoms with Gasteiger partial charge in [0.15, 0.2) is 0 Å². The smallest absolute Gasteiger partial charge is 0.272 e. The Hall–Kier alpha value is -2.62. The van der Waals surface area contributed by atoms with Gasteiger partial charge in [0.2, 0.25) is 6.29 Å². The van der Waals surface area contributed by atoms with Crippen LogP contribution in [0.25, 0.3) is 6.08 Å². The molecule has 0 aliphatic carbocycles. The first-order chi connectivity index (χ1) is 9.20. The molecule has 4 nitrogen and oxygen atoms in total. The van der Waals surface area contributed by atoms with Crippen molar-refractivity contribution in [2.24, 2.45) is 7.05 Å². The molecule has 1 radical (unpaired) electrons. The van der Waals surface area contributed by atoms with E-state index in [-0.39, 0.29) is 5.91 Å². The van der Waals surface area contributed by atoms with E-state index in [9.17, 15) is 9.59 Å². The van der Waals surface area contributed by atoms with Crippen LogP contribution in [0.5, 0.6) is 0 Å². The first kappa shape index (κ1) is 12.8. The lowest BCUT2D eigenvalue weighted by Crippen LogP contribution is -2.15. The highest BCUT2D eigenvalue weighted by Gasteiger charge is 2.08. The molecular formula is C15H13N2O2. The summed E-state index contributed by atoms with van der Waals surface area (Å²) in [5.74, 6) is -0.171. The van der Waals surface area contributed by atoms with Gasteiger partial charge < -0.3 is 9.88 Å². The molecule has 1 aromatic carbocycles. The molecule has 0 saturated heterocycles. The van der Waals surface area contributed by atoms with Crippen LogP contribution in [-0.4, -0.2) is 16.8 Å². The lowest BCUT2D eigenvalue weighted by molar-refractivity contribution is 0.101. The molecule has 2 aromatic rings. The Balaban J connectivity index is 2.15. The van der Waals surface area contributed by atoms with Crippen molar-refractivity contribution in [3.05, 3.63) is 59.9 Å². The zero-order valence-corrected chi connectivity index (χ0v) is 10.5. The molecule has 0 aliphatic rings. The third-order valence-corrected chi connectivity index (χ3v) is 2.66. The van der Waals surface area contributed by atoms with Gasteiger partial charge in [-0.1, -0.05) is 18.2 Å². The van der Waals surface area contributed by atoms with Crippen molar-refractivity contribution in [2.45, 2.75) is 0 Å². The number of amides is 1. The Labute approximate surface area is 111 Å². The van der Waals surface area contributed by atoms with Crippen LogP contribution >= 0.6 is 0 Å². The van der Waals surface area contributed by atoms with E-state index >= 15 is 0 Å². The average molecular weight is 253 g/mol. The number of allylic oxidation sites excluding steroid dienone is 1. The fourth-order valence-corrected chi connectivity index (χ4v) is 1.74. The van der Waals surface area contributed by atoms with E-state index in [1.807, 2.05) is 31.4 Å². The van der Waals surface area contributed by atoms with Gasteiger partial charge in [-0.2, -0.15) is 0 Å². The minimum Gasteiger partial charge on any atom is -0.347 e. The van der Waals surface area contributed by atoms with Gasteiger partial charge in [-0.15, -0.1) is 0 Å². The van der Waals surface area contributed by atoms with E-state index in [2.05, 4.69) is 5.32 Å². The van der Waals surface area contributed by atoms with E-state index in [4.69, 9.17) is 0 Å². The van der Waals surface area contributed by atoms with E-state index in [1.54, 1.807) is 35.1 Å². The molecule has 2 rings (SSSR count). The quantitative estimate of drug-likeness (QED) is 0.851. The number of benzene rings is 1. The van der Waals surface area contributed by atoms with Crippen molar-refractivity contribution in [3.63, 3.8) is 0 Å². The Morgan fingerprint density at radius 1 is 1.32 bits per heavy atom. The molecule has 4 heteroatoms. The number of aromatic nitrogens is 1. The van der Waals surface area contributed by atoms with Gasteiger partial charge >= 0.3 is 0 Å². The van der Waals surface area contributed by atoms with Gasteiger partial charge in [-0.05, 0) is 35.9 Å². The summed E-state index contributed by atoms with van der Waals surface area (Å²) in [5.41, 5.74) is 2.09. The fourth-order valence-electron chi connectivity index (χ4n) is 1.74. The van der Waals surface area contributed by atoms with Crippen LogP contribution in [0.4, 0.5) is 5.69 Å². The number of hydrogen-bond acceptors (Lipinski definition) is 2. The third-order valence-electron chi connectivity index (χ3n) is 2.66. The van der Waals surface area contributed by atoms with Gasteiger partial charge in [0.25, 0.3) is 5.91 Å². The lowest BCUT2D eigenvalue weighted by atomic mass is 10.2. The van der Waals surface area contributed by atoms with Crippen LogP contribution in [0.2, 0.25) is 0 Å². The van der Waals surface area contributed by atoms with Crippen LogP contribution in [-0.2, 0) is 11.8 Å². The highest BCUT2D eigenvalue weighted by atomic mass is 16.2. The molecule has 1 aromatic heterocycles. The van der Waals surface area contributed by atoms with Crippen molar-refractivity contribution in [2.75, 3.05) is 5.32 Å². The van der Waals surface area contributed by atoms with Crippen LogP contribution in [0.1, 0.15) is 16.1 Å². The second kappa shape index (κ2) is 5.82. The molecular weight excluding hydrogens is 240 g/mol. The molecule has 1 amide bonds. The van der Waals surface area contributed by atoms with Crippen molar-refractivity contribution >= 4 is 24.0 Å². The second-order valence-corrected chi connectivity index (χ2v) is 4.04. The number of aryl methyl sites for hydroxylation is 1.